The summed E-state index contributed by atoms with van der Waals surface area (Å²) in [7, 11) is 0. The van der Waals surface area contributed by atoms with Gasteiger partial charge in [-0.3, -0.25) is 4.40 Å². The number of alkyl halides is 1. The third-order valence-corrected chi connectivity index (χ3v) is 4.03. The Morgan fingerprint density at radius 3 is 2.70 bits per heavy atom. The molecular formula is C15H15ClN2OS. The Bertz CT molecular complexity index is 715. The molecule has 3 nitrogen and oxygen atoms in total. The van der Waals surface area contributed by atoms with Gasteiger partial charge in [0.1, 0.15) is 5.75 Å². The van der Waals surface area contributed by atoms with Gasteiger partial charge in [0.25, 0.3) is 0 Å². The second-order valence-corrected chi connectivity index (χ2v) is 5.93. The Hall–Kier alpha value is -1.52. The van der Waals surface area contributed by atoms with E-state index in [0.717, 1.165) is 27.7 Å². The molecule has 0 spiro atoms. The van der Waals surface area contributed by atoms with Crippen LogP contribution in [0.1, 0.15) is 19.5 Å². The van der Waals surface area contributed by atoms with Crippen LogP contribution in [0.15, 0.2) is 35.8 Å². The molecule has 0 atom stereocenters. The number of imidazole rings is 1. The molecular weight excluding hydrogens is 292 g/mol. The summed E-state index contributed by atoms with van der Waals surface area (Å²) in [6.45, 7) is 4.05. The number of ether oxygens (including phenoxy) is 1. The molecule has 104 valence electrons. The van der Waals surface area contributed by atoms with Gasteiger partial charge >= 0.3 is 0 Å². The average Bonchev–Trinajstić information content (AvgIpc) is 2.98. The fraction of sp³-hybridized carbons (Fsp3) is 0.267. The first-order valence-corrected chi connectivity index (χ1v) is 7.87. The molecule has 0 fully saturated rings. The van der Waals surface area contributed by atoms with Crippen molar-refractivity contribution in [2.24, 2.45) is 0 Å². The number of hydrogen-bond acceptors (Lipinski definition) is 3. The number of nitrogens with zero attached hydrogens (tertiary/aromatic N) is 2. The predicted octanol–water partition coefficient (Wildman–Crippen LogP) is 4.59. The van der Waals surface area contributed by atoms with E-state index in [9.17, 15) is 0 Å². The van der Waals surface area contributed by atoms with Gasteiger partial charge in [-0.15, -0.1) is 22.9 Å². The second kappa shape index (κ2) is 5.46. The normalized spacial score (nSPS) is 11.4. The zero-order valence-electron chi connectivity index (χ0n) is 11.3. The lowest BCUT2D eigenvalue weighted by Crippen LogP contribution is -2.05. The largest absolute Gasteiger partial charge is 0.491 e. The molecule has 5 heteroatoms. The fourth-order valence-corrected chi connectivity index (χ4v) is 3.11. The van der Waals surface area contributed by atoms with Crippen molar-refractivity contribution in [2.75, 3.05) is 0 Å². The minimum absolute atomic E-state index is 0.189. The highest BCUT2D eigenvalue weighted by Gasteiger charge is 2.09. The Labute approximate surface area is 126 Å². The highest BCUT2D eigenvalue weighted by Crippen LogP contribution is 2.28. The van der Waals surface area contributed by atoms with Crippen molar-refractivity contribution in [3.63, 3.8) is 0 Å². The number of rotatable bonds is 4. The van der Waals surface area contributed by atoms with Gasteiger partial charge in [-0.25, -0.2) is 4.98 Å². The van der Waals surface area contributed by atoms with Crippen LogP contribution in [0.2, 0.25) is 0 Å². The minimum Gasteiger partial charge on any atom is -0.491 e. The van der Waals surface area contributed by atoms with Crippen LogP contribution in [0.5, 0.6) is 5.75 Å². The quantitative estimate of drug-likeness (QED) is 0.659. The molecule has 0 aliphatic heterocycles. The molecule has 1 aromatic carbocycles. The SMILES string of the molecule is CC(C)Oc1ccc(-c2csc3nc(CCl)cn23)cc1. The monoisotopic (exact) mass is 306 g/mol. The van der Waals surface area contributed by atoms with Gasteiger partial charge in [0, 0.05) is 11.6 Å². The van der Waals surface area contributed by atoms with Gasteiger partial charge in [-0.05, 0) is 43.7 Å². The van der Waals surface area contributed by atoms with E-state index < -0.39 is 0 Å². The maximum Gasteiger partial charge on any atom is 0.194 e. The molecule has 20 heavy (non-hydrogen) atoms. The summed E-state index contributed by atoms with van der Waals surface area (Å²) in [5.41, 5.74) is 3.18. The lowest BCUT2D eigenvalue weighted by molar-refractivity contribution is 0.242. The van der Waals surface area contributed by atoms with Crippen LogP contribution in [0.25, 0.3) is 16.2 Å². The van der Waals surface area contributed by atoms with E-state index in [0.29, 0.717) is 5.88 Å². The maximum absolute atomic E-state index is 5.84. The van der Waals surface area contributed by atoms with E-state index in [1.807, 2.05) is 32.2 Å². The van der Waals surface area contributed by atoms with Gasteiger partial charge < -0.3 is 4.74 Å². The van der Waals surface area contributed by atoms with E-state index in [4.69, 9.17) is 16.3 Å². The first kappa shape index (κ1) is 13.5. The number of benzene rings is 1. The van der Waals surface area contributed by atoms with Crippen LogP contribution in [-0.4, -0.2) is 15.5 Å². The molecule has 3 rings (SSSR count). The molecule has 0 aliphatic rings. The van der Waals surface area contributed by atoms with E-state index in [1.54, 1.807) is 11.3 Å². The van der Waals surface area contributed by atoms with Gasteiger partial charge in [-0.1, -0.05) is 0 Å². The van der Waals surface area contributed by atoms with Gasteiger partial charge in [0.2, 0.25) is 0 Å². The van der Waals surface area contributed by atoms with Crippen molar-refractivity contribution in [3.05, 3.63) is 41.5 Å². The third-order valence-electron chi connectivity index (χ3n) is 2.92. The number of halogens is 1. The first-order valence-electron chi connectivity index (χ1n) is 6.46. The fourth-order valence-electron chi connectivity index (χ4n) is 2.08. The van der Waals surface area contributed by atoms with E-state index in [1.165, 1.54) is 0 Å². The van der Waals surface area contributed by atoms with E-state index in [2.05, 4.69) is 26.9 Å². The maximum atomic E-state index is 5.84. The van der Waals surface area contributed by atoms with Crippen molar-refractivity contribution in [2.45, 2.75) is 25.8 Å². The van der Waals surface area contributed by atoms with Gasteiger partial charge in [-0.2, -0.15) is 0 Å². The lowest BCUT2D eigenvalue weighted by Gasteiger charge is -2.09. The average molecular weight is 307 g/mol. The molecule has 0 radical (unpaired) electrons. The lowest BCUT2D eigenvalue weighted by atomic mass is 10.1. The second-order valence-electron chi connectivity index (χ2n) is 4.83. The summed E-state index contributed by atoms with van der Waals surface area (Å²) in [4.78, 5) is 5.43. The Kier molecular flexibility index (Phi) is 3.68. The molecule has 0 N–H and O–H groups in total. The summed E-state index contributed by atoms with van der Waals surface area (Å²) < 4.78 is 7.75. The van der Waals surface area contributed by atoms with Crippen LogP contribution in [0.4, 0.5) is 0 Å². The number of hydrogen-bond donors (Lipinski definition) is 0. The summed E-state index contributed by atoms with van der Waals surface area (Å²) >= 11 is 7.46. The zero-order valence-corrected chi connectivity index (χ0v) is 12.9. The molecule has 0 saturated carbocycles. The highest BCUT2D eigenvalue weighted by molar-refractivity contribution is 7.15. The van der Waals surface area contributed by atoms with Crippen LogP contribution in [0, 0.1) is 0 Å². The first-order chi connectivity index (χ1) is 9.67. The molecule has 0 bridgehead atoms. The predicted molar refractivity (Wildman–Crippen MR) is 83.8 cm³/mol. The zero-order chi connectivity index (χ0) is 14.1. The van der Waals surface area contributed by atoms with Crippen molar-refractivity contribution < 1.29 is 4.74 Å². The molecule has 0 saturated heterocycles. The Morgan fingerprint density at radius 2 is 2.05 bits per heavy atom. The van der Waals surface area contributed by atoms with Crippen LogP contribution < -0.4 is 4.74 Å². The van der Waals surface area contributed by atoms with Gasteiger partial charge in [0.05, 0.1) is 23.4 Å². The van der Waals surface area contributed by atoms with Crippen molar-refractivity contribution in [3.8, 4) is 17.0 Å². The van der Waals surface area contributed by atoms with E-state index in [-0.39, 0.29) is 6.10 Å². The molecule has 0 amide bonds. The van der Waals surface area contributed by atoms with Crippen molar-refractivity contribution >= 4 is 27.9 Å². The summed E-state index contributed by atoms with van der Waals surface area (Å²) in [6, 6.07) is 8.13. The summed E-state index contributed by atoms with van der Waals surface area (Å²) in [6.07, 6.45) is 2.18. The molecule has 0 aliphatic carbocycles. The molecule has 0 unspecified atom stereocenters. The van der Waals surface area contributed by atoms with Gasteiger partial charge in [0.15, 0.2) is 4.96 Å². The number of fused-ring (bicyclic) bond motifs is 1. The third kappa shape index (κ3) is 2.53. The minimum atomic E-state index is 0.189. The smallest absolute Gasteiger partial charge is 0.194 e. The number of aromatic nitrogens is 2. The van der Waals surface area contributed by atoms with Crippen molar-refractivity contribution in [1.82, 2.24) is 9.38 Å². The standard InChI is InChI=1S/C15H15ClN2OS/c1-10(2)19-13-5-3-11(4-6-13)14-9-20-15-17-12(7-16)8-18(14)15/h3-6,8-10H,7H2,1-2H3. The summed E-state index contributed by atoms with van der Waals surface area (Å²) in [5, 5.41) is 2.11. The van der Waals surface area contributed by atoms with Crippen LogP contribution >= 0.6 is 22.9 Å². The van der Waals surface area contributed by atoms with Crippen molar-refractivity contribution in [1.29, 1.82) is 0 Å². The Balaban J connectivity index is 1.95. The highest BCUT2D eigenvalue weighted by atomic mass is 35.5. The van der Waals surface area contributed by atoms with Crippen LogP contribution in [0.3, 0.4) is 0 Å². The number of thiazole rings is 1. The van der Waals surface area contributed by atoms with E-state index >= 15 is 0 Å². The molecule has 2 heterocycles. The topological polar surface area (TPSA) is 26.5 Å². The Morgan fingerprint density at radius 1 is 1.30 bits per heavy atom. The molecule has 3 aromatic rings. The summed E-state index contributed by atoms with van der Waals surface area (Å²) in [5.74, 6) is 1.33. The molecule has 2 aromatic heterocycles. The van der Waals surface area contributed by atoms with Crippen LogP contribution in [-0.2, 0) is 5.88 Å².